The maximum atomic E-state index is 11.8. The Morgan fingerprint density at radius 1 is 1.12 bits per heavy atom. The second-order valence-electron chi connectivity index (χ2n) is 4.98. The van der Waals surface area contributed by atoms with Crippen molar-refractivity contribution in [3.05, 3.63) is 54.0 Å². The molecular formula is C17H23IN4O3. The van der Waals surface area contributed by atoms with E-state index in [1.807, 2.05) is 30.3 Å². The van der Waals surface area contributed by atoms with E-state index in [-0.39, 0.29) is 36.4 Å². The molecule has 1 heterocycles. The average molecular weight is 458 g/mol. The number of nitrogens with zero attached hydrogens (tertiary/aromatic N) is 1. The molecule has 0 radical (unpaired) electrons. The van der Waals surface area contributed by atoms with E-state index in [9.17, 15) is 4.79 Å². The summed E-state index contributed by atoms with van der Waals surface area (Å²) in [6.07, 6.45) is 1.57. The van der Waals surface area contributed by atoms with Crippen molar-refractivity contribution < 1.29 is 13.9 Å². The van der Waals surface area contributed by atoms with Crippen molar-refractivity contribution in [2.45, 2.75) is 13.1 Å². The van der Waals surface area contributed by atoms with Gasteiger partial charge in [-0.2, -0.15) is 0 Å². The first-order valence-corrected chi connectivity index (χ1v) is 7.58. The van der Waals surface area contributed by atoms with Crippen LogP contribution in [0.15, 0.2) is 52.1 Å². The molecule has 7 nitrogen and oxygen atoms in total. The minimum absolute atomic E-state index is 0. The minimum Gasteiger partial charge on any atom is -0.497 e. The number of hydrogen-bond donors (Lipinski definition) is 3. The first-order valence-electron chi connectivity index (χ1n) is 7.58. The maximum Gasteiger partial charge on any atom is 0.239 e. The molecule has 0 atom stereocenters. The highest BCUT2D eigenvalue weighted by atomic mass is 127. The van der Waals surface area contributed by atoms with Crippen LogP contribution < -0.4 is 20.7 Å². The molecule has 0 aliphatic rings. The number of guanidine groups is 1. The van der Waals surface area contributed by atoms with Crippen LogP contribution in [0.2, 0.25) is 0 Å². The summed E-state index contributed by atoms with van der Waals surface area (Å²) in [5.74, 6) is 1.94. The fourth-order valence-electron chi connectivity index (χ4n) is 1.98. The number of benzene rings is 1. The lowest BCUT2D eigenvalue weighted by Gasteiger charge is -2.12. The number of hydrogen-bond acceptors (Lipinski definition) is 4. The lowest BCUT2D eigenvalue weighted by Crippen LogP contribution is -2.42. The molecule has 0 saturated carbocycles. The largest absolute Gasteiger partial charge is 0.497 e. The Bertz CT molecular complexity index is 657. The molecule has 8 heteroatoms. The standard InChI is InChI=1S/C17H22N4O3.HI/c1-18-17(20-10-13-5-7-14(23-2)8-6-13)21-12-16(22)19-11-15-4-3-9-24-15;/h3-9H,10-12H2,1-2H3,(H,19,22)(H2,18,20,21);1H. The second-order valence-corrected chi connectivity index (χ2v) is 4.98. The van der Waals surface area contributed by atoms with Gasteiger partial charge in [0.25, 0.3) is 0 Å². The van der Waals surface area contributed by atoms with E-state index >= 15 is 0 Å². The van der Waals surface area contributed by atoms with Crippen molar-refractivity contribution in [3.63, 3.8) is 0 Å². The third-order valence-electron chi connectivity index (χ3n) is 3.30. The van der Waals surface area contributed by atoms with Gasteiger partial charge in [0.2, 0.25) is 5.91 Å². The fraction of sp³-hybridized carbons (Fsp3) is 0.294. The van der Waals surface area contributed by atoms with E-state index in [2.05, 4.69) is 20.9 Å². The molecule has 0 saturated heterocycles. The van der Waals surface area contributed by atoms with Crippen LogP contribution in [0, 0.1) is 0 Å². The Morgan fingerprint density at radius 3 is 2.48 bits per heavy atom. The van der Waals surface area contributed by atoms with Gasteiger partial charge in [-0.1, -0.05) is 12.1 Å². The molecule has 2 aromatic rings. The van der Waals surface area contributed by atoms with Crippen molar-refractivity contribution >= 4 is 35.8 Å². The molecule has 0 unspecified atom stereocenters. The Labute approximate surface area is 164 Å². The zero-order chi connectivity index (χ0) is 17.2. The SMILES string of the molecule is CN=C(NCC(=O)NCc1ccco1)NCc1ccc(OC)cc1.I. The predicted molar refractivity (Wildman–Crippen MR) is 107 cm³/mol. The Morgan fingerprint density at radius 2 is 1.88 bits per heavy atom. The van der Waals surface area contributed by atoms with Crippen molar-refractivity contribution in [1.82, 2.24) is 16.0 Å². The van der Waals surface area contributed by atoms with Gasteiger partial charge in [0.1, 0.15) is 11.5 Å². The third kappa shape index (κ3) is 7.46. The predicted octanol–water partition coefficient (Wildman–Crippen LogP) is 1.89. The molecule has 2 rings (SSSR count). The van der Waals surface area contributed by atoms with Gasteiger partial charge in [-0.3, -0.25) is 9.79 Å². The number of furan rings is 1. The van der Waals surface area contributed by atoms with Gasteiger partial charge >= 0.3 is 0 Å². The van der Waals surface area contributed by atoms with E-state index in [1.54, 1.807) is 26.5 Å². The van der Waals surface area contributed by atoms with E-state index in [4.69, 9.17) is 9.15 Å². The zero-order valence-corrected chi connectivity index (χ0v) is 16.6. The second kappa shape index (κ2) is 11.3. The highest BCUT2D eigenvalue weighted by molar-refractivity contribution is 14.0. The Kier molecular flexibility index (Phi) is 9.45. The fourth-order valence-corrected chi connectivity index (χ4v) is 1.98. The summed E-state index contributed by atoms with van der Waals surface area (Å²) in [5, 5.41) is 8.87. The lowest BCUT2D eigenvalue weighted by molar-refractivity contribution is -0.120. The van der Waals surface area contributed by atoms with Gasteiger partial charge < -0.3 is 25.1 Å². The number of aliphatic imine (C=N–C) groups is 1. The summed E-state index contributed by atoms with van der Waals surface area (Å²) in [5.41, 5.74) is 1.08. The van der Waals surface area contributed by atoms with E-state index in [0.717, 1.165) is 11.3 Å². The van der Waals surface area contributed by atoms with Gasteiger partial charge in [-0.25, -0.2) is 0 Å². The van der Waals surface area contributed by atoms with E-state index in [1.165, 1.54) is 0 Å². The summed E-state index contributed by atoms with van der Waals surface area (Å²) in [6, 6.07) is 11.3. The van der Waals surface area contributed by atoms with Gasteiger partial charge in [0, 0.05) is 13.6 Å². The number of halogens is 1. The monoisotopic (exact) mass is 458 g/mol. The molecule has 1 aromatic heterocycles. The summed E-state index contributed by atoms with van der Waals surface area (Å²) >= 11 is 0. The molecule has 0 aliphatic heterocycles. The van der Waals surface area contributed by atoms with Gasteiger partial charge in [0.05, 0.1) is 26.5 Å². The van der Waals surface area contributed by atoms with Crippen LogP contribution in [0.25, 0.3) is 0 Å². The normalized spacial score (nSPS) is 10.6. The van der Waals surface area contributed by atoms with Crippen LogP contribution in [0.4, 0.5) is 0 Å². The summed E-state index contributed by atoms with van der Waals surface area (Å²) in [7, 11) is 3.29. The lowest BCUT2D eigenvalue weighted by atomic mass is 10.2. The maximum absolute atomic E-state index is 11.8. The molecular weight excluding hydrogens is 435 g/mol. The van der Waals surface area contributed by atoms with Crippen LogP contribution in [0.3, 0.4) is 0 Å². The number of amides is 1. The van der Waals surface area contributed by atoms with E-state index in [0.29, 0.717) is 24.8 Å². The topological polar surface area (TPSA) is 87.9 Å². The molecule has 1 amide bonds. The van der Waals surface area contributed by atoms with Crippen molar-refractivity contribution in [2.24, 2.45) is 4.99 Å². The van der Waals surface area contributed by atoms with Crippen LogP contribution in [0.5, 0.6) is 5.75 Å². The molecule has 0 bridgehead atoms. The number of carbonyl (C=O) groups excluding carboxylic acids is 1. The highest BCUT2D eigenvalue weighted by Gasteiger charge is 2.04. The van der Waals surface area contributed by atoms with Gasteiger partial charge in [-0.15, -0.1) is 24.0 Å². The number of rotatable bonds is 7. The van der Waals surface area contributed by atoms with Crippen LogP contribution in [-0.2, 0) is 17.9 Å². The van der Waals surface area contributed by atoms with Crippen molar-refractivity contribution in [3.8, 4) is 5.75 Å². The van der Waals surface area contributed by atoms with Crippen LogP contribution >= 0.6 is 24.0 Å². The highest BCUT2D eigenvalue weighted by Crippen LogP contribution is 2.10. The average Bonchev–Trinajstić information content (AvgIpc) is 3.14. The Balaban J connectivity index is 0.00000312. The smallest absolute Gasteiger partial charge is 0.239 e. The van der Waals surface area contributed by atoms with Crippen molar-refractivity contribution in [2.75, 3.05) is 20.7 Å². The van der Waals surface area contributed by atoms with Gasteiger partial charge in [0.15, 0.2) is 5.96 Å². The van der Waals surface area contributed by atoms with Gasteiger partial charge in [-0.05, 0) is 29.8 Å². The molecule has 0 aliphatic carbocycles. The minimum atomic E-state index is -0.140. The molecule has 3 N–H and O–H groups in total. The molecule has 136 valence electrons. The number of ether oxygens (including phenoxy) is 1. The number of nitrogens with one attached hydrogen (secondary N) is 3. The molecule has 0 spiro atoms. The first-order chi connectivity index (χ1) is 11.7. The summed E-state index contributed by atoms with van der Waals surface area (Å²) in [6.45, 7) is 1.09. The molecule has 25 heavy (non-hydrogen) atoms. The van der Waals surface area contributed by atoms with E-state index < -0.39 is 0 Å². The summed E-state index contributed by atoms with van der Waals surface area (Å²) in [4.78, 5) is 15.9. The third-order valence-corrected chi connectivity index (χ3v) is 3.30. The zero-order valence-electron chi connectivity index (χ0n) is 14.2. The number of carbonyl (C=O) groups is 1. The van der Waals surface area contributed by atoms with Crippen molar-refractivity contribution in [1.29, 1.82) is 0 Å². The number of methoxy groups -OCH3 is 1. The molecule has 1 aromatic carbocycles. The summed E-state index contributed by atoms with van der Waals surface area (Å²) < 4.78 is 10.3. The quantitative estimate of drug-likeness (QED) is 0.335. The van der Waals surface area contributed by atoms with Crippen LogP contribution in [0.1, 0.15) is 11.3 Å². The Hall–Kier alpha value is -2.23. The first kappa shape index (κ1) is 20.8. The molecule has 0 fully saturated rings. The van der Waals surface area contributed by atoms with Crippen LogP contribution in [-0.4, -0.2) is 32.6 Å².